The van der Waals surface area contributed by atoms with Crippen LogP contribution in [-0.4, -0.2) is 17.0 Å². The van der Waals surface area contributed by atoms with Gasteiger partial charge in [0.05, 0.1) is 11.1 Å². The van der Waals surface area contributed by atoms with E-state index in [0.29, 0.717) is 0 Å². The average Bonchev–Trinajstić information content (AvgIpc) is 2.61. The Labute approximate surface area is 147 Å². The molecule has 1 amide bonds. The molecule has 0 aliphatic carbocycles. The fourth-order valence-corrected chi connectivity index (χ4v) is 2.50. The summed E-state index contributed by atoms with van der Waals surface area (Å²) in [6, 6.07) is 17.5. The van der Waals surface area contributed by atoms with Crippen molar-refractivity contribution in [1.82, 2.24) is 5.43 Å². The molecule has 0 radical (unpaired) electrons. The molecule has 3 aromatic rings. The van der Waals surface area contributed by atoms with Gasteiger partial charge in [-0.1, -0.05) is 48.0 Å². The maximum absolute atomic E-state index is 12.0. The van der Waals surface area contributed by atoms with Gasteiger partial charge in [0.1, 0.15) is 5.02 Å². The summed E-state index contributed by atoms with van der Waals surface area (Å²) in [6.45, 7) is 0. The molecule has 25 heavy (non-hydrogen) atoms. The molecule has 7 heteroatoms. The maximum atomic E-state index is 12.0. The van der Waals surface area contributed by atoms with E-state index in [2.05, 4.69) is 10.5 Å². The van der Waals surface area contributed by atoms with Crippen molar-refractivity contribution in [3.8, 4) is 0 Å². The highest BCUT2D eigenvalue weighted by molar-refractivity contribution is 6.32. The first-order valence-electron chi connectivity index (χ1n) is 7.31. The molecule has 0 spiro atoms. The van der Waals surface area contributed by atoms with Gasteiger partial charge >= 0.3 is 0 Å². The fourth-order valence-electron chi connectivity index (χ4n) is 2.31. The highest BCUT2D eigenvalue weighted by atomic mass is 35.5. The Morgan fingerprint density at radius 2 is 1.84 bits per heavy atom. The van der Waals surface area contributed by atoms with Gasteiger partial charge in [-0.2, -0.15) is 5.10 Å². The number of nitrogens with one attached hydrogen (secondary N) is 1. The van der Waals surface area contributed by atoms with Gasteiger partial charge in [0.2, 0.25) is 0 Å². The van der Waals surface area contributed by atoms with Crippen molar-refractivity contribution in [2.45, 2.75) is 0 Å². The van der Waals surface area contributed by atoms with E-state index in [1.807, 2.05) is 42.5 Å². The minimum absolute atomic E-state index is 0.0267. The number of fused-ring (bicyclic) bond motifs is 1. The summed E-state index contributed by atoms with van der Waals surface area (Å²) in [4.78, 5) is 22.3. The molecule has 0 heterocycles. The van der Waals surface area contributed by atoms with Crippen LogP contribution in [0.1, 0.15) is 15.9 Å². The van der Waals surface area contributed by atoms with Crippen LogP contribution in [0.3, 0.4) is 0 Å². The summed E-state index contributed by atoms with van der Waals surface area (Å²) in [7, 11) is 0. The number of hydrogen-bond acceptors (Lipinski definition) is 4. The van der Waals surface area contributed by atoms with E-state index in [1.54, 1.807) is 0 Å². The van der Waals surface area contributed by atoms with Gasteiger partial charge in [0.25, 0.3) is 11.6 Å². The SMILES string of the molecule is O=C(NN=Cc1ccc2ccccc2c1)c1ccc(Cl)c([N+](=O)[O-])c1. The summed E-state index contributed by atoms with van der Waals surface area (Å²) < 4.78 is 0. The molecular formula is C18H12ClN3O3. The topological polar surface area (TPSA) is 84.6 Å². The van der Waals surface area contributed by atoms with Crippen molar-refractivity contribution in [1.29, 1.82) is 0 Å². The zero-order chi connectivity index (χ0) is 17.8. The van der Waals surface area contributed by atoms with Crippen molar-refractivity contribution in [2.75, 3.05) is 0 Å². The molecule has 0 aliphatic rings. The van der Waals surface area contributed by atoms with E-state index >= 15 is 0 Å². The van der Waals surface area contributed by atoms with Crippen molar-refractivity contribution >= 4 is 40.2 Å². The molecule has 3 aromatic carbocycles. The minimum atomic E-state index is -0.641. The summed E-state index contributed by atoms with van der Waals surface area (Å²) in [6.07, 6.45) is 1.51. The van der Waals surface area contributed by atoms with Gasteiger partial charge < -0.3 is 0 Å². The molecule has 0 atom stereocenters. The monoisotopic (exact) mass is 353 g/mol. The molecule has 3 rings (SSSR count). The molecule has 0 aliphatic heterocycles. The van der Waals surface area contributed by atoms with Gasteiger partial charge in [-0.3, -0.25) is 14.9 Å². The molecule has 0 saturated heterocycles. The molecule has 124 valence electrons. The van der Waals surface area contributed by atoms with E-state index in [-0.39, 0.29) is 16.3 Å². The first-order valence-corrected chi connectivity index (χ1v) is 7.68. The third kappa shape index (κ3) is 3.81. The van der Waals surface area contributed by atoms with E-state index in [1.165, 1.54) is 18.3 Å². The average molecular weight is 354 g/mol. The van der Waals surface area contributed by atoms with Crippen LogP contribution in [0.2, 0.25) is 5.02 Å². The smallest absolute Gasteiger partial charge is 0.267 e. The highest BCUT2D eigenvalue weighted by Gasteiger charge is 2.15. The molecule has 1 N–H and O–H groups in total. The van der Waals surface area contributed by atoms with Crippen molar-refractivity contribution in [3.63, 3.8) is 0 Å². The number of nitro benzene ring substituents is 1. The Morgan fingerprint density at radius 3 is 2.60 bits per heavy atom. The quantitative estimate of drug-likeness (QED) is 0.434. The first kappa shape index (κ1) is 16.6. The number of amides is 1. The first-order chi connectivity index (χ1) is 12.0. The Bertz CT molecular complexity index is 1000. The van der Waals surface area contributed by atoms with Gasteiger partial charge in [-0.25, -0.2) is 5.43 Å². The molecule has 0 bridgehead atoms. The van der Waals surface area contributed by atoms with Gasteiger partial charge in [-0.05, 0) is 34.5 Å². The number of carbonyl (C=O) groups excluding carboxylic acids is 1. The molecule has 0 saturated carbocycles. The lowest BCUT2D eigenvalue weighted by molar-refractivity contribution is -0.384. The third-order valence-corrected chi connectivity index (χ3v) is 3.88. The number of carbonyl (C=O) groups is 1. The normalized spacial score (nSPS) is 10.9. The number of hydrogen-bond donors (Lipinski definition) is 1. The summed E-state index contributed by atoms with van der Waals surface area (Å²) >= 11 is 5.72. The fraction of sp³-hybridized carbons (Fsp3) is 0. The highest BCUT2D eigenvalue weighted by Crippen LogP contribution is 2.25. The number of hydrazone groups is 1. The van der Waals surface area contributed by atoms with E-state index in [9.17, 15) is 14.9 Å². The molecule has 0 unspecified atom stereocenters. The predicted octanol–water partition coefficient (Wildman–Crippen LogP) is 4.17. The number of rotatable bonds is 4. The number of nitrogens with zero attached hydrogens (tertiary/aromatic N) is 2. The second-order valence-corrected chi connectivity index (χ2v) is 5.64. The molecule has 0 fully saturated rings. The zero-order valence-corrected chi connectivity index (χ0v) is 13.6. The van der Waals surface area contributed by atoms with Crippen LogP contribution in [0.15, 0.2) is 65.8 Å². The van der Waals surface area contributed by atoms with Crippen LogP contribution >= 0.6 is 11.6 Å². The Morgan fingerprint density at radius 1 is 1.08 bits per heavy atom. The summed E-state index contributed by atoms with van der Waals surface area (Å²) in [5.41, 5.74) is 2.94. The van der Waals surface area contributed by atoms with Crippen LogP contribution in [-0.2, 0) is 0 Å². The predicted molar refractivity (Wildman–Crippen MR) is 97.1 cm³/mol. The molecule has 0 aromatic heterocycles. The summed E-state index contributed by atoms with van der Waals surface area (Å²) in [5.74, 6) is -0.559. The Balaban J connectivity index is 1.73. The lowest BCUT2D eigenvalue weighted by Gasteiger charge is -2.02. The van der Waals surface area contributed by atoms with Crippen LogP contribution in [0.5, 0.6) is 0 Å². The van der Waals surface area contributed by atoms with Crippen molar-refractivity contribution in [3.05, 3.63) is 86.9 Å². The second kappa shape index (κ2) is 7.11. The molecular weight excluding hydrogens is 342 g/mol. The Hall–Kier alpha value is -3.25. The third-order valence-electron chi connectivity index (χ3n) is 3.56. The number of halogens is 1. The van der Waals surface area contributed by atoms with Gasteiger partial charge in [0.15, 0.2) is 0 Å². The van der Waals surface area contributed by atoms with E-state index < -0.39 is 10.8 Å². The van der Waals surface area contributed by atoms with Crippen LogP contribution in [0.25, 0.3) is 10.8 Å². The van der Waals surface area contributed by atoms with Crippen LogP contribution < -0.4 is 5.43 Å². The van der Waals surface area contributed by atoms with Gasteiger partial charge in [-0.15, -0.1) is 0 Å². The second-order valence-electron chi connectivity index (χ2n) is 5.23. The standard InChI is InChI=1S/C18H12ClN3O3/c19-16-8-7-15(10-17(16)22(24)25)18(23)21-20-11-12-5-6-13-3-1-2-4-14(13)9-12/h1-11H,(H,21,23). The van der Waals surface area contributed by atoms with Crippen molar-refractivity contribution in [2.24, 2.45) is 5.10 Å². The van der Waals surface area contributed by atoms with E-state index in [0.717, 1.165) is 22.4 Å². The van der Waals surface area contributed by atoms with Gasteiger partial charge in [0, 0.05) is 11.6 Å². The Kier molecular flexibility index (Phi) is 4.72. The largest absolute Gasteiger partial charge is 0.288 e. The number of benzene rings is 3. The lowest BCUT2D eigenvalue weighted by atomic mass is 10.1. The summed E-state index contributed by atoms with van der Waals surface area (Å²) in [5, 5.41) is 16.9. The maximum Gasteiger partial charge on any atom is 0.288 e. The van der Waals surface area contributed by atoms with Crippen LogP contribution in [0.4, 0.5) is 5.69 Å². The van der Waals surface area contributed by atoms with Crippen LogP contribution in [0, 0.1) is 10.1 Å². The van der Waals surface area contributed by atoms with Crippen molar-refractivity contribution < 1.29 is 9.72 Å². The molecule has 6 nitrogen and oxygen atoms in total. The van der Waals surface area contributed by atoms with E-state index in [4.69, 9.17) is 11.6 Å². The number of nitro groups is 1. The minimum Gasteiger partial charge on any atom is -0.267 e. The lowest BCUT2D eigenvalue weighted by Crippen LogP contribution is -2.17. The zero-order valence-electron chi connectivity index (χ0n) is 12.8.